The van der Waals surface area contributed by atoms with E-state index in [1.165, 1.54) is 12.8 Å². The van der Waals surface area contributed by atoms with Crippen LogP contribution in [0.25, 0.3) is 0 Å². The summed E-state index contributed by atoms with van der Waals surface area (Å²) in [4.78, 5) is 2.86. The molecule has 3 rings (SSSR count). The highest BCUT2D eigenvalue weighted by molar-refractivity contribution is 6.35. The third-order valence-electron chi connectivity index (χ3n) is 4.56. The molecule has 1 aliphatic rings. The number of aromatic nitrogens is 1. The van der Waals surface area contributed by atoms with Crippen LogP contribution in [0.5, 0.6) is 11.5 Å². The van der Waals surface area contributed by atoms with Crippen LogP contribution in [-0.2, 0) is 6.42 Å². The minimum Gasteiger partial charge on any atom is -0.493 e. The molecule has 1 aromatic carbocycles. The monoisotopic (exact) mass is 382 g/mol. The minimum atomic E-state index is -0.741. The van der Waals surface area contributed by atoms with Crippen molar-refractivity contribution in [2.24, 2.45) is 0 Å². The zero-order valence-electron chi connectivity index (χ0n) is 14.1. The van der Waals surface area contributed by atoms with E-state index in [4.69, 9.17) is 32.7 Å². The van der Waals surface area contributed by atoms with Crippen molar-refractivity contribution in [1.82, 2.24) is 0 Å². The van der Waals surface area contributed by atoms with Crippen LogP contribution in [-0.4, -0.2) is 18.3 Å². The average Bonchev–Trinajstić information content (AvgIpc) is 3.11. The number of nitrogens with one attached hydrogen (secondary N) is 1. The molecule has 0 bridgehead atoms. The molecule has 1 fully saturated rings. The first-order valence-electron chi connectivity index (χ1n) is 8.45. The lowest BCUT2D eigenvalue weighted by molar-refractivity contribution is -0.377. The van der Waals surface area contributed by atoms with Crippen molar-refractivity contribution in [1.29, 1.82) is 0 Å². The van der Waals surface area contributed by atoms with E-state index in [0.717, 1.165) is 18.4 Å². The zero-order chi connectivity index (χ0) is 17.8. The maximum atomic E-state index is 10.6. The van der Waals surface area contributed by atoms with Crippen LogP contribution >= 0.6 is 23.2 Å². The second kappa shape index (κ2) is 8.26. The lowest BCUT2D eigenvalue weighted by Crippen LogP contribution is -2.12. The number of hydrogen-bond donors (Lipinski definition) is 1. The fraction of sp³-hybridized carbons (Fsp3) is 0.421. The number of H-pyrrole nitrogens is 1. The van der Waals surface area contributed by atoms with Crippen molar-refractivity contribution in [3.63, 3.8) is 0 Å². The van der Waals surface area contributed by atoms with Crippen molar-refractivity contribution in [3.05, 3.63) is 51.8 Å². The van der Waals surface area contributed by atoms with E-state index >= 15 is 0 Å². The van der Waals surface area contributed by atoms with Gasteiger partial charge < -0.3 is 14.6 Å². The molecule has 1 atom stereocenters. The lowest BCUT2D eigenvalue weighted by atomic mass is 10.0. The van der Waals surface area contributed by atoms with Crippen molar-refractivity contribution in [3.8, 4) is 11.5 Å². The highest BCUT2D eigenvalue weighted by Crippen LogP contribution is 2.35. The topological polar surface area (TPSA) is 52.8 Å². The summed E-state index contributed by atoms with van der Waals surface area (Å²) in [7, 11) is 1.62. The molecular formula is C19H22Cl2NO3+. The van der Waals surface area contributed by atoms with E-state index in [1.54, 1.807) is 19.5 Å². The maximum Gasteiger partial charge on any atom is 0.186 e. The van der Waals surface area contributed by atoms with Gasteiger partial charge in [-0.1, -0.05) is 29.3 Å². The second-order valence-corrected chi connectivity index (χ2v) is 7.10. The van der Waals surface area contributed by atoms with Gasteiger partial charge in [0.25, 0.3) is 0 Å². The van der Waals surface area contributed by atoms with Gasteiger partial charge in [-0.2, -0.15) is 0 Å². The van der Waals surface area contributed by atoms with Crippen LogP contribution in [0, 0.1) is 0 Å². The van der Waals surface area contributed by atoms with Crippen LogP contribution in [0.3, 0.4) is 0 Å². The molecule has 6 heteroatoms. The third-order valence-corrected chi connectivity index (χ3v) is 5.24. The Morgan fingerprint density at radius 3 is 2.48 bits per heavy atom. The molecule has 2 aromatic rings. The molecule has 4 nitrogen and oxygen atoms in total. The summed E-state index contributed by atoms with van der Waals surface area (Å²) in [5, 5.41) is 11.7. The highest BCUT2D eigenvalue weighted by Gasteiger charge is 2.21. The third kappa shape index (κ3) is 4.38. The number of methoxy groups -OCH3 is 1. The molecule has 25 heavy (non-hydrogen) atoms. The Morgan fingerprint density at radius 2 is 1.84 bits per heavy atom. The summed E-state index contributed by atoms with van der Waals surface area (Å²) in [5.41, 5.74) is 1.46. The predicted molar refractivity (Wildman–Crippen MR) is 97.6 cm³/mol. The van der Waals surface area contributed by atoms with Crippen LogP contribution in [0.15, 0.2) is 30.6 Å². The number of hydrogen-bond acceptors (Lipinski definition) is 3. The van der Waals surface area contributed by atoms with E-state index in [9.17, 15) is 5.11 Å². The maximum absolute atomic E-state index is 10.6. The zero-order valence-corrected chi connectivity index (χ0v) is 15.6. The first-order valence-corrected chi connectivity index (χ1v) is 9.20. The highest BCUT2D eigenvalue weighted by atomic mass is 35.5. The number of benzene rings is 1. The second-order valence-electron chi connectivity index (χ2n) is 6.28. The molecule has 2 N–H and O–H groups in total. The number of aromatic amines is 1. The smallest absolute Gasteiger partial charge is 0.186 e. The van der Waals surface area contributed by atoms with Gasteiger partial charge in [0.05, 0.1) is 19.3 Å². The molecule has 1 aromatic heterocycles. The van der Waals surface area contributed by atoms with E-state index in [2.05, 4.69) is 4.98 Å². The quantitative estimate of drug-likeness (QED) is 0.804. The van der Waals surface area contributed by atoms with Gasteiger partial charge in [0.15, 0.2) is 23.9 Å². The molecule has 1 unspecified atom stereocenters. The van der Waals surface area contributed by atoms with Gasteiger partial charge in [0.2, 0.25) is 0 Å². The Balaban J connectivity index is 1.81. The Hall–Kier alpha value is -1.49. The van der Waals surface area contributed by atoms with Gasteiger partial charge in [-0.05, 0) is 43.4 Å². The first kappa shape index (κ1) is 18.3. The van der Waals surface area contributed by atoms with Crippen molar-refractivity contribution >= 4 is 23.2 Å². The van der Waals surface area contributed by atoms with Crippen LogP contribution in [0.4, 0.5) is 0 Å². The van der Waals surface area contributed by atoms with Gasteiger partial charge in [-0.25, -0.2) is 4.98 Å². The molecule has 0 amide bonds. The van der Waals surface area contributed by atoms with Crippen LogP contribution in [0.1, 0.15) is 42.9 Å². The standard InChI is InChI=1S/C19H21Cl2NO3/c1-24-18-7-6-12(8-19(18)25-13-4-2-3-5-13)17(23)9-14-15(20)10-22-11-16(14)21/h6-8,10-11,13,17,23H,2-5,9H2,1H3/p+1. The Kier molecular flexibility index (Phi) is 6.05. The number of halogens is 2. The van der Waals surface area contributed by atoms with Gasteiger partial charge in [0.1, 0.15) is 10.0 Å². The molecular weight excluding hydrogens is 361 g/mol. The Bertz CT molecular complexity index is 712. The number of ether oxygens (including phenoxy) is 2. The van der Waals surface area contributed by atoms with E-state index < -0.39 is 6.10 Å². The first-order chi connectivity index (χ1) is 12.1. The van der Waals surface area contributed by atoms with E-state index in [1.807, 2.05) is 18.2 Å². The summed E-state index contributed by atoms with van der Waals surface area (Å²) < 4.78 is 11.5. The van der Waals surface area contributed by atoms with E-state index in [0.29, 0.717) is 33.5 Å². The molecule has 0 aliphatic heterocycles. The molecule has 1 saturated carbocycles. The fourth-order valence-electron chi connectivity index (χ4n) is 3.16. The summed E-state index contributed by atoms with van der Waals surface area (Å²) in [6, 6.07) is 5.51. The molecule has 0 radical (unpaired) electrons. The van der Waals surface area contributed by atoms with Gasteiger partial charge >= 0.3 is 0 Å². The largest absolute Gasteiger partial charge is 0.493 e. The van der Waals surface area contributed by atoms with Crippen molar-refractivity contribution in [2.45, 2.75) is 44.3 Å². The molecule has 0 spiro atoms. The van der Waals surface area contributed by atoms with Crippen LogP contribution in [0.2, 0.25) is 10.0 Å². The van der Waals surface area contributed by atoms with Gasteiger partial charge in [0, 0.05) is 12.0 Å². The SMILES string of the molecule is COc1ccc(C(O)Cc2c(Cl)c[nH+]cc2Cl)cc1OC1CCCC1. The normalized spacial score (nSPS) is 16.0. The average molecular weight is 383 g/mol. The summed E-state index contributed by atoms with van der Waals surface area (Å²) >= 11 is 12.4. The Labute approximate surface area is 157 Å². The number of pyridine rings is 1. The molecule has 1 aliphatic carbocycles. The number of aliphatic hydroxyl groups is 1. The molecule has 0 saturated heterocycles. The van der Waals surface area contributed by atoms with E-state index in [-0.39, 0.29) is 6.10 Å². The summed E-state index contributed by atoms with van der Waals surface area (Å²) in [6.07, 6.45) is 7.60. The fourth-order valence-corrected chi connectivity index (χ4v) is 3.69. The Morgan fingerprint density at radius 1 is 1.16 bits per heavy atom. The summed E-state index contributed by atoms with van der Waals surface area (Å²) in [5.74, 6) is 1.35. The minimum absolute atomic E-state index is 0.217. The predicted octanol–water partition coefficient (Wildman–Crippen LogP) is 4.41. The van der Waals surface area contributed by atoms with Crippen molar-refractivity contribution < 1.29 is 19.6 Å². The molecule has 1 heterocycles. The van der Waals surface area contributed by atoms with Gasteiger partial charge in [-0.15, -0.1) is 0 Å². The lowest BCUT2D eigenvalue weighted by Gasteiger charge is -2.19. The van der Waals surface area contributed by atoms with Crippen LogP contribution < -0.4 is 14.5 Å². The van der Waals surface area contributed by atoms with Gasteiger partial charge in [-0.3, -0.25) is 0 Å². The summed E-state index contributed by atoms with van der Waals surface area (Å²) in [6.45, 7) is 0. The number of rotatable bonds is 6. The van der Waals surface area contributed by atoms with Crippen molar-refractivity contribution in [2.75, 3.05) is 7.11 Å². The molecule has 134 valence electrons. The number of aliphatic hydroxyl groups excluding tert-OH is 1.